The van der Waals surface area contributed by atoms with E-state index in [4.69, 9.17) is 4.74 Å². The van der Waals surface area contributed by atoms with E-state index in [1.165, 1.54) is 0 Å². The highest BCUT2D eigenvalue weighted by atomic mass is 16.5. The largest absolute Gasteiger partial charge is 0.375 e. The Morgan fingerprint density at radius 2 is 1.80 bits per heavy atom. The number of Topliss-reactive ketones (excluding diaryl/α,β-unsaturated/α-hetero) is 1. The minimum Gasteiger partial charge on any atom is -0.375 e. The Morgan fingerprint density at radius 3 is 2.33 bits per heavy atom. The lowest BCUT2D eigenvalue weighted by atomic mass is 10.1. The van der Waals surface area contributed by atoms with Gasteiger partial charge >= 0.3 is 0 Å². The Balaban J connectivity index is 2.38. The zero-order chi connectivity index (χ0) is 11.3. The van der Waals surface area contributed by atoms with E-state index in [1.54, 1.807) is 0 Å². The molecule has 0 aliphatic heterocycles. The van der Waals surface area contributed by atoms with Crippen LogP contribution < -0.4 is 0 Å². The summed E-state index contributed by atoms with van der Waals surface area (Å²) in [6.07, 6.45) is 0.446. The van der Waals surface area contributed by atoms with E-state index in [0.717, 1.165) is 5.56 Å². The van der Waals surface area contributed by atoms with E-state index in [0.29, 0.717) is 13.0 Å². The van der Waals surface area contributed by atoms with Crippen molar-refractivity contribution in [1.82, 2.24) is 0 Å². The molecule has 2 heteroatoms. The van der Waals surface area contributed by atoms with E-state index in [2.05, 4.69) is 0 Å². The van der Waals surface area contributed by atoms with E-state index >= 15 is 0 Å². The van der Waals surface area contributed by atoms with Crippen LogP contribution in [-0.4, -0.2) is 18.0 Å². The molecule has 0 unspecified atom stereocenters. The van der Waals surface area contributed by atoms with Gasteiger partial charge in [0.2, 0.25) is 0 Å². The van der Waals surface area contributed by atoms with Crippen LogP contribution in [0.25, 0.3) is 0 Å². The SMILES string of the molecule is CC(C)(C)OCCC(=O)c1ccccc1. The fourth-order valence-electron chi connectivity index (χ4n) is 1.22. The average molecular weight is 206 g/mol. The summed E-state index contributed by atoms with van der Waals surface area (Å²) in [6.45, 7) is 6.44. The van der Waals surface area contributed by atoms with Crippen LogP contribution in [0.5, 0.6) is 0 Å². The van der Waals surface area contributed by atoms with Gasteiger partial charge in [-0.25, -0.2) is 0 Å². The first-order valence-electron chi connectivity index (χ1n) is 5.21. The molecule has 82 valence electrons. The van der Waals surface area contributed by atoms with E-state index in [9.17, 15) is 4.79 Å². The fourth-order valence-corrected chi connectivity index (χ4v) is 1.22. The molecular formula is C13H18O2. The number of ketones is 1. The number of ether oxygens (including phenoxy) is 1. The van der Waals surface area contributed by atoms with Crippen LogP contribution in [0.2, 0.25) is 0 Å². The second-order valence-electron chi connectivity index (χ2n) is 4.50. The Hall–Kier alpha value is -1.15. The molecule has 0 bridgehead atoms. The van der Waals surface area contributed by atoms with E-state index in [-0.39, 0.29) is 11.4 Å². The van der Waals surface area contributed by atoms with Crippen molar-refractivity contribution in [3.05, 3.63) is 35.9 Å². The summed E-state index contributed by atoms with van der Waals surface area (Å²) >= 11 is 0. The smallest absolute Gasteiger partial charge is 0.165 e. The Labute approximate surface area is 91.3 Å². The normalized spacial score (nSPS) is 11.4. The van der Waals surface area contributed by atoms with Gasteiger partial charge < -0.3 is 4.74 Å². The van der Waals surface area contributed by atoms with Gasteiger partial charge in [0.05, 0.1) is 12.2 Å². The molecule has 15 heavy (non-hydrogen) atoms. The Morgan fingerprint density at radius 1 is 1.20 bits per heavy atom. The lowest BCUT2D eigenvalue weighted by Crippen LogP contribution is -2.21. The minimum absolute atomic E-state index is 0.139. The third-order valence-corrected chi connectivity index (χ3v) is 1.96. The maximum Gasteiger partial charge on any atom is 0.165 e. The zero-order valence-corrected chi connectivity index (χ0v) is 9.62. The van der Waals surface area contributed by atoms with Gasteiger partial charge in [0.1, 0.15) is 0 Å². The molecule has 0 atom stereocenters. The first-order valence-corrected chi connectivity index (χ1v) is 5.21. The summed E-state index contributed by atoms with van der Waals surface area (Å²) in [4.78, 5) is 11.7. The second kappa shape index (κ2) is 5.08. The zero-order valence-electron chi connectivity index (χ0n) is 9.62. The molecule has 2 nitrogen and oxygen atoms in total. The van der Waals surface area contributed by atoms with Gasteiger partial charge in [0, 0.05) is 12.0 Å². The van der Waals surface area contributed by atoms with Crippen LogP contribution in [-0.2, 0) is 4.74 Å². The molecule has 0 N–H and O–H groups in total. The van der Waals surface area contributed by atoms with Crippen molar-refractivity contribution in [2.24, 2.45) is 0 Å². The molecule has 0 saturated heterocycles. The molecule has 0 aliphatic carbocycles. The van der Waals surface area contributed by atoms with Crippen LogP contribution in [0.4, 0.5) is 0 Å². The van der Waals surface area contributed by atoms with Gasteiger partial charge in [-0.15, -0.1) is 0 Å². The molecule has 1 rings (SSSR count). The highest BCUT2D eigenvalue weighted by Gasteiger charge is 2.11. The molecule has 0 amide bonds. The Kier molecular flexibility index (Phi) is 4.04. The number of hydrogen-bond donors (Lipinski definition) is 0. The number of benzene rings is 1. The summed E-state index contributed by atoms with van der Waals surface area (Å²) in [7, 11) is 0. The molecule has 0 heterocycles. The predicted molar refractivity (Wildman–Crippen MR) is 61.1 cm³/mol. The molecule has 1 aromatic rings. The summed E-state index contributed by atoms with van der Waals surface area (Å²) < 4.78 is 5.50. The van der Waals surface area contributed by atoms with Gasteiger partial charge in [0.25, 0.3) is 0 Å². The van der Waals surface area contributed by atoms with Crippen molar-refractivity contribution < 1.29 is 9.53 Å². The van der Waals surface area contributed by atoms with Crippen LogP contribution in [0.3, 0.4) is 0 Å². The van der Waals surface area contributed by atoms with Crippen molar-refractivity contribution in [3.8, 4) is 0 Å². The standard InChI is InChI=1S/C13H18O2/c1-13(2,3)15-10-9-12(14)11-7-5-4-6-8-11/h4-8H,9-10H2,1-3H3. The number of carbonyl (C=O) groups is 1. The molecule has 1 aromatic carbocycles. The fraction of sp³-hybridized carbons (Fsp3) is 0.462. The molecule has 0 aromatic heterocycles. The number of carbonyl (C=O) groups excluding carboxylic acids is 1. The third-order valence-electron chi connectivity index (χ3n) is 1.96. The number of rotatable bonds is 4. The second-order valence-corrected chi connectivity index (χ2v) is 4.50. The van der Waals surface area contributed by atoms with Crippen molar-refractivity contribution >= 4 is 5.78 Å². The molecule has 0 fully saturated rings. The van der Waals surface area contributed by atoms with Crippen LogP contribution in [0, 0.1) is 0 Å². The first kappa shape index (κ1) is 11.9. The van der Waals surface area contributed by atoms with E-state index in [1.807, 2.05) is 51.1 Å². The van der Waals surface area contributed by atoms with Crippen molar-refractivity contribution in [2.45, 2.75) is 32.8 Å². The lowest BCUT2D eigenvalue weighted by molar-refractivity contribution is -0.00229. The van der Waals surface area contributed by atoms with Crippen LogP contribution in [0.15, 0.2) is 30.3 Å². The van der Waals surface area contributed by atoms with Gasteiger partial charge in [-0.2, -0.15) is 0 Å². The molecular weight excluding hydrogens is 188 g/mol. The minimum atomic E-state index is -0.170. The molecule has 0 radical (unpaired) electrons. The highest BCUT2D eigenvalue weighted by Crippen LogP contribution is 2.09. The van der Waals surface area contributed by atoms with Crippen LogP contribution >= 0.6 is 0 Å². The lowest BCUT2D eigenvalue weighted by Gasteiger charge is -2.18. The van der Waals surface area contributed by atoms with Crippen molar-refractivity contribution in [2.75, 3.05) is 6.61 Å². The maximum atomic E-state index is 11.7. The van der Waals surface area contributed by atoms with Gasteiger partial charge in [0.15, 0.2) is 5.78 Å². The van der Waals surface area contributed by atoms with E-state index < -0.39 is 0 Å². The molecule has 0 aliphatic rings. The van der Waals surface area contributed by atoms with Crippen LogP contribution in [0.1, 0.15) is 37.6 Å². The van der Waals surface area contributed by atoms with Crippen molar-refractivity contribution in [3.63, 3.8) is 0 Å². The quantitative estimate of drug-likeness (QED) is 0.708. The third kappa shape index (κ3) is 4.75. The van der Waals surface area contributed by atoms with Gasteiger partial charge in [-0.1, -0.05) is 30.3 Å². The summed E-state index contributed by atoms with van der Waals surface area (Å²) in [6, 6.07) is 9.32. The Bertz CT molecular complexity index is 309. The molecule has 0 spiro atoms. The van der Waals surface area contributed by atoms with Gasteiger partial charge in [-0.3, -0.25) is 4.79 Å². The molecule has 0 saturated carbocycles. The topological polar surface area (TPSA) is 26.3 Å². The summed E-state index contributed by atoms with van der Waals surface area (Å²) in [5.41, 5.74) is 0.590. The predicted octanol–water partition coefficient (Wildman–Crippen LogP) is 3.07. The van der Waals surface area contributed by atoms with Gasteiger partial charge in [-0.05, 0) is 20.8 Å². The summed E-state index contributed by atoms with van der Waals surface area (Å²) in [5, 5.41) is 0. The number of hydrogen-bond acceptors (Lipinski definition) is 2. The maximum absolute atomic E-state index is 11.7. The monoisotopic (exact) mass is 206 g/mol. The van der Waals surface area contributed by atoms with Crippen molar-refractivity contribution in [1.29, 1.82) is 0 Å². The first-order chi connectivity index (χ1) is 6.99. The average Bonchev–Trinajstić information content (AvgIpc) is 2.17. The summed E-state index contributed by atoms with van der Waals surface area (Å²) in [5.74, 6) is 0.139. The highest BCUT2D eigenvalue weighted by molar-refractivity contribution is 5.96.